The van der Waals surface area contributed by atoms with Gasteiger partial charge in [0.1, 0.15) is 5.82 Å². The van der Waals surface area contributed by atoms with Crippen LogP contribution in [0.1, 0.15) is 15.9 Å². The summed E-state index contributed by atoms with van der Waals surface area (Å²) in [6, 6.07) is 11.5. The normalized spacial score (nSPS) is 10.2. The number of rotatable bonds is 5. The van der Waals surface area contributed by atoms with Gasteiger partial charge in [-0.15, -0.1) is 0 Å². The number of halogens is 1. The van der Waals surface area contributed by atoms with Crippen molar-refractivity contribution in [2.45, 2.75) is 6.54 Å². The molecule has 0 bridgehead atoms. The molecule has 0 unspecified atom stereocenters. The van der Waals surface area contributed by atoms with Crippen LogP contribution in [-0.2, 0) is 6.54 Å². The maximum atomic E-state index is 13.7. The van der Waals surface area contributed by atoms with Crippen LogP contribution in [-0.4, -0.2) is 25.2 Å². The lowest BCUT2D eigenvalue weighted by Gasteiger charge is -2.13. The Morgan fingerprint density at radius 3 is 2.43 bits per heavy atom. The quantitative estimate of drug-likeness (QED) is 0.887. The molecule has 4 nitrogen and oxygen atoms in total. The summed E-state index contributed by atoms with van der Waals surface area (Å²) < 4.78 is 13.7. The molecule has 0 aromatic heterocycles. The first-order valence-corrected chi connectivity index (χ1v) is 6.50. The van der Waals surface area contributed by atoms with Crippen LogP contribution in [0.4, 0.5) is 15.8 Å². The number of anilines is 2. The molecule has 0 radical (unpaired) electrons. The molecule has 2 aromatic rings. The van der Waals surface area contributed by atoms with Crippen molar-refractivity contribution in [2.24, 2.45) is 0 Å². The summed E-state index contributed by atoms with van der Waals surface area (Å²) in [7, 11) is 3.91. The largest absolute Gasteiger partial charge is 0.478 e. The van der Waals surface area contributed by atoms with Crippen molar-refractivity contribution in [3.05, 3.63) is 59.4 Å². The van der Waals surface area contributed by atoms with Gasteiger partial charge in [-0.05, 0) is 42.5 Å². The molecule has 0 aliphatic carbocycles. The third-order valence-corrected chi connectivity index (χ3v) is 3.16. The summed E-state index contributed by atoms with van der Waals surface area (Å²) in [6.07, 6.45) is 0. The molecule has 0 aliphatic rings. The third kappa shape index (κ3) is 3.72. The summed E-state index contributed by atoms with van der Waals surface area (Å²) in [5.74, 6) is -1.48. The second kappa shape index (κ2) is 6.26. The van der Waals surface area contributed by atoms with Crippen LogP contribution >= 0.6 is 0 Å². The van der Waals surface area contributed by atoms with E-state index in [1.807, 2.05) is 43.3 Å². The minimum atomic E-state index is -1.06. The Balaban J connectivity index is 2.09. The van der Waals surface area contributed by atoms with Crippen LogP contribution in [0.2, 0.25) is 0 Å². The molecular formula is C16H17FN2O2. The molecule has 0 saturated heterocycles. The topological polar surface area (TPSA) is 52.6 Å². The van der Waals surface area contributed by atoms with Gasteiger partial charge in [-0.2, -0.15) is 0 Å². The third-order valence-electron chi connectivity index (χ3n) is 3.16. The fraction of sp³-hybridized carbons (Fsp3) is 0.188. The Morgan fingerprint density at radius 2 is 1.86 bits per heavy atom. The van der Waals surface area contributed by atoms with Gasteiger partial charge in [0, 0.05) is 37.6 Å². The molecule has 0 amide bonds. The second-order valence-electron chi connectivity index (χ2n) is 4.91. The standard InChI is InChI=1S/C16H17FN2O2/c1-19(2)14-6-4-13(5-7-14)18-10-12-9-11(16(20)21)3-8-15(12)17/h3-9,18H,10H2,1-2H3,(H,20,21). The first-order valence-electron chi connectivity index (χ1n) is 6.50. The van der Waals surface area contributed by atoms with Gasteiger partial charge in [0.2, 0.25) is 0 Å². The van der Waals surface area contributed by atoms with Crippen molar-refractivity contribution in [1.29, 1.82) is 0 Å². The summed E-state index contributed by atoms with van der Waals surface area (Å²) >= 11 is 0. The minimum Gasteiger partial charge on any atom is -0.478 e. The number of nitrogens with zero attached hydrogens (tertiary/aromatic N) is 1. The number of aromatic carboxylic acids is 1. The van der Waals surface area contributed by atoms with Crippen LogP contribution < -0.4 is 10.2 Å². The van der Waals surface area contributed by atoms with Crippen molar-refractivity contribution in [2.75, 3.05) is 24.3 Å². The predicted molar refractivity (Wildman–Crippen MR) is 81.5 cm³/mol. The zero-order valence-electron chi connectivity index (χ0n) is 11.9. The van der Waals surface area contributed by atoms with Gasteiger partial charge < -0.3 is 15.3 Å². The number of carboxylic acid groups (broad SMARTS) is 1. The lowest BCUT2D eigenvalue weighted by molar-refractivity contribution is 0.0696. The number of carboxylic acids is 1. The Kier molecular flexibility index (Phi) is 4.42. The summed E-state index contributed by atoms with van der Waals surface area (Å²) in [5.41, 5.74) is 2.32. The number of hydrogen-bond acceptors (Lipinski definition) is 3. The van der Waals surface area contributed by atoms with E-state index in [1.165, 1.54) is 18.2 Å². The Labute approximate surface area is 122 Å². The molecule has 0 saturated carbocycles. The SMILES string of the molecule is CN(C)c1ccc(NCc2cc(C(=O)O)ccc2F)cc1. The highest BCUT2D eigenvalue weighted by Crippen LogP contribution is 2.17. The molecule has 0 atom stereocenters. The molecule has 2 aromatic carbocycles. The van der Waals surface area contributed by atoms with E-state index < -0.39 is 11.8 Å². The van der Waals surface area contributed by atoms with E-state index >= 15 is 0 Å². The average Bonchev–Trinajstić information content (AvgIpc) is 2.46. The lowest BCUT2D eigenvalue weighted by Crippen LogP contribution is -2.08. The van der Waals surface area contributed by atoms with Crippen molar-refractivity contribution in [3.63, 3.8) is 0 Å². The maximum Gasteiger partial charge on any atom is 0.335 e. The Bertz CT molecular complexity index is 639. The highest BCUT2D eigenvalue weighted by molar-refractivity contribution is 5.87. The molecule has 0 spiro atoms. The first kappa shape index (κ1) is 14.8. The zero-order valence-corrected chi connectivity index (χ0v) is 11.9. The Hall–Kier alpha value is -2.56. The number of benzene rings is 2. The van der Waals surface area contributed by atoms with E-state index in [1.54, 1.807) is 0 Å². The fourth-order valence-electron chi connectivity index (χ4n) is 1.92. The van der Waals surface area contributed by atoms with Gasteiger partial charge in [0.05, 0.1) is 5.56 Å². The summed E-state index contributed by atoms with van der Waals surface area (Å²) in [4.78, 5) is 12.9. The van der Waals surface area contributed by atoms with Crippen LogP contribution in [0.3, 0.4) is 0 Å². The molecule has 0 fully saturated rings. The second-order valence-corrected chi connectivity index (χ2v) is 4.91. The van der Waals surface area contributed by atoms with E-state index in [9.17, 15) is 9.18 Å². The van der Waals surface area contributed by atoms with Gasteiger partial charge in [-0.3, -0.25) is 0 Å². The van der Waals surface area contributed by atoms with Crippen molar-refractivity contribution >= 4 is 17.3 Å². The fourth-order valence-corrected chi connectivity index (χ4v) is 1.92. The molecular weight excluding hydrogens is 271 g/mol. The maximum absolute atomic E-state index is 13.7. The molecule has 2 N–H and O–H groups in total. The van der Waals surface area contributed by atoms with E-state index in [2.05, 4.69) is 5.32 Å². The van der Waals surface area contributed by atoms with Crippen LogP contribution in [0.5, 0.6) is 0 Å². The van der Waals surface area contributed by atoms with Crippen LogP contribution in [0, 0.1) is 5.82 Å². The van der Waals surface area contributed by atoms with Gasteiger partial charge in [-0.25, -0.2) is 9.18 Å². The van der Waals surface area contributed by atoms with Crippen molar-refractivity contribution in [1.82, 2.24) is 0 Å². The first-order chi connectivity index (χ1) is 9.97. The number of carbonyl (C=O) groups is 1. The highest BCUT2D eigenvalue weighted by Gasteiger charge is 2.08. The zero-order chi connectivity index (χ0) is 15.4. The van der Waals surface area contributed by atoms with E-state index in [-0.39, 0.29) is 12.1 Å². The van der Waals surface area contributed by atoms with Gasteiger partial charge in [0.15, 0.2) is 0 Å². The van der Waals surface area contributed by atoms with Crippen molar-refractivity contribution in [3.8, 4) is 0 Å². The lowest BCUT2D eigenvalue weighted by atomic mass is 10.1. The molecule has 110 valence electrons. The molecule has 21 heavy (non-hydrogen) atoms. The van der Waals surface area contributed by atoms with E-state index in [0.717, 1.165) is 11.4 Å². The average molecular weight is 288 g/mol. The van der Waals surface area contributed by atoms with Gasteiger partial charge in [0.25, 0.3) is 0 Å². The number of hydrogen-bond donors (Lipinski definition) is 2. The van der Waals surface area contributed by atoms with Crippen LogP contribution in [0.15, 0.2) is 42.5 Å². The van der Waals surface area contributed by atoms with E-state index in [4.69, 9.17) is 5.11 Å². The number of nitrogens with one attached hydrogen (secondary N) is 1. The highest BCUT2D eigenvalue weighted by atomic mass is 19.1. The molecule has 0 heterocycles. The Morgan fingerprint density at radius 1 is 1.19 bits per heavy atom. The van der Waals surface area contributed by atoms with Gasteiger partial charge >= 0.3 is 5.97 Å². The minimum absolute atomic E-state index is 0.0798. The monoisotopic (exact) mass is 288 g/mol. The van der Waals surface area contributed by atoms with E-state index in [0.29, 0.717) is 5.56 Å². The van der Waals surface area contributed by atoms with Crippen LogP contribution in [0.25, 0.3) is 0 Å². The smallest absolute Gasteiger partial charge is 0.335 e. The van der Waals surface area contributed by atoms with Crippen molar-refractivity contribution < 1.29 is 14.3 Å². The van der Waals surface area contributed by atoms with Gasteiger partial charge in [-0.1, -0.05) is 0 Å². The molecule has 2 rings (SSSR count). The molecule has 5 heteroatoms. The summed E-state index contributed by atoms with van der Waals surface area (Å²) in [6.45, 7) is 0.230. The summed E-state index contributed by atoms with van der Waals surface area (Å²) in [5, 5.41) is 12.0. The predicted octanol–water partition coefficient (Wildman–Crippen LogP) is 3.20. The molecule has 0 aliphatic heterocycles.